The first kappa shape index (κ1) is 76.4. The molecule has 0 saturated carbocycles. The Bertz CT molecular complexity index is 3650. The summed E-state index contributed by atoms with van der Waals surface area (Å²) in [6.07, 6.45) is 1.30. The standard InChI is InChI=1S/C72H102O14Si12/c1-19-71(9)72(10,20-2)92(17,18)81-96(66-55-39-26-40-56-66)77-88(62-47-31-22-32-48-62)75-87(61-45-29-21-30-46-61)76-95(80-91(71,15)16,65-53-37-25-38-54-65)84-97(67-57-41-27-42-58-67,82-93(73,63-49-33-23-34-50-63)78-89(11,12)69(3,4)5)86-98(85-96,68-59-43-28-44-60-68)83-94(74,64-51-35-24-36-52-64)79-90(13,14)70(6,7)8/h21-60,73-74,87-88H,19-20H2,1-18H3/t71-,72?,87?,88?,93?,94?,95?,96?,97?,98?/m1/s1. The molecular formula is C72H102O14Si12. The van der Waals surface area contributed by atoms with E-state index in [2.05, 4.69) is 122 Å². The van der Waals surface area contributed by atoms with Gasteiger partial charge in [0.15, 0.2) is 33.3 Å². The van der Waals surface area contributed by atoms with Gasteiger partial charge in [-0.25, -0.2) is 0 Å². The van der Waals surface area contributed by atoms with Gasteiger partial charge in [0.2, 0.25) is 0 Å². The smallest absolute Gasteiger partial charge is 0.413 e. The van der Waals surface area contributed by atoms with Crippen LogP contribution in [0.5, 0.6) is 0 Å². The van der Waals surface area contributed by atoms with Crippen molar-refractivity contribution in [2.45, 2.75) is 155 Å². The molecule has 0 aliphatic carbocycles. The van der Waals surface area contributed by atoms with Crippen molar-refractivity contribution in [3.8, 4) is 0 Å². The van der Waals surface area contributed by atoms with Crippen LogP contribution in [0.15, 0.2) is 243 Å². The third-order valence-electron chi connectivity index (χ3n) is 21.5. The van der Waals surface area contributed by atoms with E-state index in [0.29, 0.717) is 44.0 Å². The van der Waals surface area contributed by atoms with Crippen LogP contribution >= 0.6 is 0 Å². The molecule has 26 heteroatoms. The zero-order valence-corrected chi connectivity index (χ0v) is 72.8. The van der Waals surface area contributed by atoms with Crippen LogP contribution in [0.4, 0.5) is 0 Å². The topological polar surface area (TPSA) is 151 Å². The molecule has 3 heterocycles. The molecule has 3 aliphatic rings. The molecule has 14 nitrogen and oxygen atoms in total. The number of hydrogen-bond donors (Lipinski definition) is 2. The van der Waals surface area contributed by atoms with Crippen LogP contribution in [0.2, 0.25) is 72.5 Å². The van der Waals surface area contributed by atoms with Gasteiger partial charge in [-0.15, -0.1) is 0 Å². The first-order chi connectivity index (χ1) is 46.0. The summed E-state index contributed by atoms with van der Waals surface area (Å²) in [5, 5.41) is 1.88. The molecule has 98 heavy (non-hydrogen) atoms. The molecule has 11 rings (SSSR count). The first-order valence-electron chi connectivity index (χ1n) is 34.2. The summed E-state index contributed by atoms with van der Waals surface area (Å²) < 4.78 is 102. The van der Waals surface area contributed by atoms with Crippen LogP contribution in [0.1, 0.15) is 82.1 Å². The van der Waals surface area contributed by atoms with Crippen molar-refractivity contribution < 1.29 is 59.0 Å². The molecule has 3 fully saturated rings. The molecule has 0 radical (unpaired) electrons. The van der Waals surface area contributed by atoms with E-state index >= 15 is 0 Å². The minimum absolute atomic E-state index is 0.373. The minimum Gasteiger partial charge on any atom is -0.413 e. The fourth-order valence-corrected chi connectivity index (χ4v) is 68.9. The summed E-state index contributed by atoms with van der Waals surface area (Å²) in [5.41, 5.74) is 0. The molecule has 8 aromatic rings. The molecule has 2 N–H and O–H groups in total. The fraction of sp³-hybridized carbons (Fsp3) is 0.333. The Morgan fingerprint density at radius 3 is 0.898 bits per heavy atom. The van der Waals surface area contributed by atoms with Crippen molar-refractivity contribution >= 4 is 146 Å². The molecule has 0 aromatic heterocycles. The van der Waals surface area contributed by atoms with Crippen molar-refractivity contribution in [3.63, 3.8) is 0 Å². The fourth-order valence-electron chi connectivity index (χ4n) is 12.8. The minimum atomic E-state index is -5.64. The Morgan fingerprint density at radius 2 is 0.633 bits per heavy atom. The molecule has 0 spiro atoms. The van der Waals surface area contributed by atoms with E-state index in [-0.39, 0.29) is 0 Å². The van der Waals surface area contributed by atoms with Gasteiger partial charge in [-0.2, -0.15) is 0 Å². The zero-order valence-electron chi connectivity index (χ0n) is 60.5. The number of benzene rings is 8. The van der Waals surface area contributed by atoms with Gasteiger partial charge in [-0.3, -0.25) is 0 Å². The van der Waals surface area contributed by atoms with Crippen LogP contribution in [0, 0.1) is 0 Å². The van der Waals surface area contributed by atoms with Crippen LogP contribution in [0.25, 0.3) is 0 Å². The van der Waals surface area contributed by atoms with Gasteiger partial charge in [0, 0.05) is 31.1 Å². The monoisotopic (exact) mass is 1530 g/mol. The van der Waals surface area contributed by atoms with Gasteiger partial charge in [0.1, 0.15) is 0 Å². The number of hydrogen-bond acceptors (Lipinski definition) is 14. The van der Waals surface area contributed by atoms with Crippen molar-refractivity contribution in [1.82, 2.24) is 0 Å². The molecule has 3 saturated heterocycles. The molecule has 522 valence electrons. The van der Waals surface area contributed by atoms with Crippen molar-refractivity contribution in [3.05, 3.63) is 243 Å². The summed E-state index contributed by atoms with van der Waals surface area (Å²) in [7, 11) is -52.5. The van der Waals surface area contributed by atoms with Crippen molar-refractivity contribution in [2.24, 2.45) is 0 Å². The highest BCUT2D eigenvalue weighted by Crippen LogP contribution is 2.67. The van der Waals surface area contributed by atoms with Gasteiger partial charge in [0.05, 0.1) is 0 Å². The van der Waals surface area contributed by atoms with Gasteiger partial charge in [-0.1, -0.05) is 325 Å². The number of fused-ring (bicyclic) bond motifs is 13. The summed E-state index contributed by atoms with van der Waals surface area (Å²) >= 11 is 0. The maximum absolute atomic E-state index is 15.0. The van der Waals surface area contributed by atoms with Crippen molar-refractivity contribution in [1.29, 1.82) is 0 Å². The summed E-state index contributed by atoms with van der Waals surface area (Å²) in [6.45, 7) is 39.7. The van der Waals surface area contributed by atoms with Gasteiger partial charge in [0.25, 0.3) is 0 Å². The Labute approximate surface area is 598 Å². The lowest BCUT2D eigenvalue weighted by Crippen LogP contribution is -2.83. The maximum atomic E-state index is 15.0. The maximum Gasteiger partial charge on any atom is 0.516 e. The largest absolute Gasteiger partial charge is 0.516 e. The average Bonchev–Trinajstić information content (AvgIpc) is 1.19. The van der Waals surface area contributed by atoms with E-state index in [0.717, 1.165) is 10.4 Å². The van der Waals surface area contributed by atoms with Gasteiger partial charge in [-0.05, 0) is 82.9 Å². The van der Waals surface area contributed by atoms with Crippen LogP contribution in [-0.4, -0.2) is 114 Å². The summed E-state index contributed by atoms with van der Waals surface area (Å²) in [6, 6.07) is 77.8. The van der Waals surface area contributed by atoms with E-state index in [1.807, 2.05) is 243 Å². The lowest BCUT2D eigenvalue weighted by atomic mass is 9.88. The first-order valence-corrected chi connectivity index (χ1v) is 59.3. The van der Waals surface area contributed by atoms with Crippen LogP contribution in [0.3, 0.4) is 0 Å². The second kappa shape index (κ2) is 29.1. The highest BCUT2D eigenvalue weighted by molar-refractivity contribution is 7.06. The average molecular weight is 1530 g/mol. The normalized spacial score (nSPS) is 27.9. The van der Waals surface area contributed by atoms with E-state index in [1.54, 1.807) is 0 Å². The third-order valence-corrected chi connectivity index (χ3v) is 73.8. The van der Waals surface area contributed by atoms with Gasteiger partial charge < -0.3 is 59.0 Å². The quantitative estimate of drug-likeness (QED) is 0.0784. The summed E-state index contributed by atoms with van der Waals surface area (Å²) in [4.78, 5) is 29.9. The van der Waals surface area contributed by atoms with Gasteiger partial charge >= 0.3 is 71.4 Å². The Kier molecular flexibility index (Phi) is 22.7. The summed E-state index contributed by atoms with van der Waals surface area (Å²) in [5.74, 6) is 0. The van der Waals surface area contributed by atoms with E-state index in [1.165, 1.54) is 0 Å². The number of rotatable bonds is 18. The molecular weight excluding hydrogens is 1430 g/mol. The Balaban J connectivity index is 1.53. The Morgan fingerprint density at radius 1 is 0.378 bits per heavy atom. The predicted octanol–water partition coefficient (Wildman–Crippen LogP) is 11.3. The van der Waals surface area contributed by atoms with E-state index < -0.39 is 125 Å². The predicted molar refractivity (Wildman–Crippen MR) is 422 cm³/mol. The molecule has 2 bridgehead atoms. The second-order valence-electron chi connectivity index (χ2n) is 30.3. The SMILES string of the molecule is CCC1(C)[C@@](C)(CC)[Si](C)(C)O[Si]2(c3ccccc3)O[SiH](c3ccccc3)O[SiH](c3ccccc3)O[Si](c3ccccc3)(O[Si](O[Si](O)(O[Si](C)(C)C(C)(C)C)c3ccccc3)(c3ccccc3)O[Si](O[Si](O)(O[Si](C)(C)C(C)(C)C)c3ccccc3)(c3ccccc3)O2)O[Si]1(C)C. The lowest BCUT2D eigenvalue weighted by Gasteiger charge is -2.60. The third kappa shape index (κ3) is 15.2. The zero-order chi connectivity index (χ0) is 71.0. The molecule has 10 atom stereocenters. The molecule has 8 aromatic carbocycles. The van der Waals surface area contributed by atoms with Crippen LogP contribution < -0.4 is 41.5 Å². The lowest BCUT2D eigenvalue weighted by molar-refractivity contribution is 0.108. The molecule has 9 unspecified atom stereocenters. The second-order valence-corrected chi connectivity index (χ2v) is 70.8. The van der Waals surface area contributed by atoms with Crippen LogP contribution in [-0.2, 0) is 49.4 Å². The molecule has 0 amide bonds. The van der Waals surface area contributed by atoms with Crippen molar-refractivity contribution in [2.75, 3.05) is 0 Å². The highest BCUT2D eigenvalue weighted by Gasteiger charge is 2.75. The van der Waals surface area contributed by atoms with E-state index in [4.69, 9.17) is 49.4 Å². The highest BCUT2D eigenvalue weighted by atomic mass is 28.6. The van der Waals surface area contributed by atoms with E-state index in [9.17, 15) is 9.59 Å². The Hall–Kier alpha value is -4.20. The molecule has 3 aliphatic heterocycles.